The molecule has 0 aliphatic carbocycles. The quantitative estimate of drug-likeness (QED) is 0.908. The van der Waals surface area contributed by atoms with Crippen molar-refractivity contribution in [2.45, 2.75) is 13.5 Å². The molecule has 0 amide bonds. The van der Waals surface area contributed by atoms with E-state index in [1.807, 2.05) is 6.92 Å². The van der Waals surface area contributed by atoms with Gasteiger partial charge in [-0.1, -0.05) is 27.5 Å². The Morgan fingerprint density at radius 1 is 1.55 bits per heavy atom. The first-order valence-corrected chi connectivity index (χ1v) is 6.91. The van der Waals surface area contributed by atoms with Gasteiger partial charge in [-0.15, -0.1) is 0 Å². The number of carboxylic acid groups (broad SMARTS) is 1. The van der Waals surface area contributed by atoms with Crippen LogP contribution in [0.5, 0.6) is 5.75 Å². The molecule has 106 valence electrons. The Balaban J connectivity index is 2.25. The fourth-order valence-electron chi connectivity index (χ4n) is 1.78. The summed E-state index contributed by atoms with van der Waals surface area (Å²) >= 11 is 9.34. The molecule has 0 unspecified atom stereocenters. The predicted molar refractivity (Wildman–Crippen MR) is 78.4 cm³/mol. The van der Waals surface area contributed by atoms with E-state index >= 15 is 0 Å². The molecule has 1 heterocycles. The molecule has 1 N–H and O–H groups in total. The second kappa shape index (κ2) is 5.85. The second-order valence-corrected chi connectivity index (χ2v) is 5.49. The van der Waals surface area contributed by atoms with Crippen LogP contribution in [-0.4, -0.2) is 20.9 Å². The van der Waals surface area contributed by atoms with Crippen molar-refractivity contribution in [1.82, 2.24) is 9.78 Å². The van der Waals surface area contributed by atoms with Crippen LogP contribution in [0.1, 0.15) is 21.6 Å². The van der Waals surface area contributed by atoms with E-state index in [1.54, 1.807) is 23.9 Å². The highest BCUT2D eigenvalue weighted by molar-refractivity contribution is 9.10. The third-order valence-corrected chi connectivity index (χ3v) is 3.78. The van der Waals surface area contributed by atoms with E-state index in [9.17, 15) is 4.79 Å². The number of nitrogens with zero attached hydrogens (tertiary/aromatic N) is 2. The van der Waals surface area contributed by atoms with Crippen LogP contribution in [0.3, 0.4) is 0 Å². The van der Waals surface area contributed by atoms with E-state index in [-0.39, 0.29) is 12.2 Å². The molecule has 1 aromatic heterocycles. The van der Waals surface area contributed by atoms with Gasteiger partial charge in [-0.2, -0.15) is 5.10 Å². The monoisotopic (exact) mass is 358 g/mol. The Hall–Kier alpha value is -1.53. The van der Waals surface area contributed by atoms with E-state index in [1.165, 1.54) is 6.07 Å². The Bertz CT molecular complexity index is 670. The number of carboxylic acids is 1. The average molecular weight is 360 g/mol. The van der Waals surface area contributed by atoms with Crippen LogP contribution in [0.4, 0.5) is 0 Å². The smallest absolute Gasteiger partial charge is 0.339 e. The van der Waals surface area contributed by atoms with Crippen molar-refractivity contribution in [3.63, 3.8) is 0 Å². The Labute approximate surface area is 129 Å². The molecule has 0 saturated heterocycles. The minimum Gasteiger partial charge on any atom is -0.488 e. The number of halogens is 2. The lowest BCUT2D eigenvalue weighted by molar-refractivity contribution is 0.0691. The summed E-state index contributed by atoms with van der Waals surface area (Å²) in [6, 6.07) is 4.82. The van der Waals surface area contributed by atoms with E-state index in [0.29, 0.717) is 15.4 Å². The first-order valence-electron chi connectivity index (χ1n) is 5.73. The van der Waals surface area contributed by atoms with Gasteiger partial charge in [0.1, 0.15) is 23.1 Å². The van der Waals surface area contributed by atoms with Gasteiger partial charge in [0.05, 0.1) is 5.69 Å². The molecule has 2 aromatic rings. The number of hydrogen-bond donors (Lipinski definition) is 1. The minimum absolute atomic E-state index is 0.0945. The van der Waals surface area contributed by atoms with Crippen molar-refractivity contribution in [3.8, 4) is 5.75 Å². The Kier molecular flexibility index (Phi) is 4.35. The molecule has 0 aliphatic heterocycles. The molecule has 0 bridgehead atoms. The van der Waals surface area contributed by atoms with Gasteiger partial charge in [0.25, 0.3) is 0 Å². The maximum Gasteiger partial charge on any atom is 0.339 e. The Morgan fingerprint density at radius 2 is 2.25 bits per heavy atom. The lowest BCUT2D eigenvalue weighted by atomic mass is 10.2. The van der Waals surface area contributed by atoms with E-state index in [2.05, 4.69) is 21.0 Å². The van der Waals surface area contributed by atoms with E-state index in [4.69, 9.17) is 21.4 Å². The molecule has 0 spiro atoms. The van der Waals surface area contributed by atoms with Crippen molar-refractivity contribution in [1.29, 1.82) is 0 Å². The summed E-state index contributed by atoms with van der Waals surface area (Å²) in [5.41, 5.74) is 1.59. The number of ether oxygens (including phenoxy) is 1. The first kappa shape index (κ1) is 14.9. The number of aromatic carboxylic acids is 1. The molecule has 1 aromatic carbocycles. The van der Waals surface area contributed by atoms with Crippen molar-refractivity contribution < 1.29 is 14.6 Å². The highest BCUT2D eigenvalue weighted by Crippen LogP contribution is 2.26. The summed E-state index contributed by atoms with van der Waals surface area (Å²) in [6.07, 6.45) is 0. The lowest BCUT2D eigenvalue weighted by Gasteiger charge is -2.09. The minimum atomic E-state index is -1.05. The molecule has 0 radical (unpaired) electrons. The highest BCUT2D eigenvalue weighted by atomic mass is 79.9. The Morgan fingerprint density at radius 3 is 2.80 bits per heavy atom. The van der Waals surface area contributed by atoms with Crippen LogP contribution in [0.25, 0.3) is 0 Å². The average Bonchev–Trinajstić information content (AvgIpc) is 2.62. The maximum atomic E-state index is 11.2. The van der Waals surface area contributed by atoms with Crippen LogP contribution < -0.4 is 4.74 Å². The summed E-state index contributed by atoms with van der Waals surface area (Å²) in [5, 5.41) is 13.8. The molecule has 0 saturated carbocycles. The normalized spacial score (nSPS) is 10.6. The van der Waals surface area contributed by atoms with Crippen LogP contribution in [0, 0.1) is 6.92 Å². The van der Waals surface area contributed by atoms with Gasteiger partial charge in [0.15, 0.2) is 0 Å². The first-order chi connectivity index (χ1) is 9.40. The fraction of sp³-hybridized carbons (Fsp3) is 0.231. The van der Waals surface area contributed by atoms with Crippen LogP contribution in [0.15, 0.2) is 22.7 Å². The summed E-state index contributed by atoms with van der Waals surface area (Å²) < 4.78 is 7.80. The van der Waals surface area contributed by atoms with Crippen LogP contribution in [-0.2, 0) is 13.7 Å². The fourth-order valence-corrected chi connectivity index (χ4v) is 2.37. The number of rotatable bonds is 4. The molecule has 20 heavy (non-hydrogen) atoms. The topological polar surface area (TPSA) is 64.4 Å². The van der Waals surface area contributed by atoms with Crippen molar-refractivity contribution in [2.24, 2.45) is 7.05 Å². The van der Waals surface area contributed by atoms with Crippen molar-refractivity contribution in [2.75, 3.05) is 0 Å². The number of hydrogen-bond acceptors (Lipinski definition) is 3. The van der Waals surface area contributed by atoms with Gasteiger partial charge < -0.3 is 9.84 Å². The third-order valence-electron chi connectivity index (χ3n) is 2.81. The number of benzene rings is 1. The highest BCUT2D eigenvalue weighted by Gasteiger charge is 2.15. The third kappa shape index (κ3) is 2.96. The zero-order valence-corrected chi connectivity index (χ0v) is 13.2. The molecule has 2 rings (SSSR count). The van der Waals surface area contributed by atoms with Crippen molar-refractivity contribution in [3.05, 3.63) is 44.6 Å². The molecule has 0 aliphatic rings. The number of aryl methyl sites for hydroxylation is 2. The largest absolute Gasteiger partial charge is 0.488 e. The number of aromatic nitrogens is 2. The van der Waals surface area contributed by atoms with Crippen LogP contribution in [0.2, 0.25) is 5.15 Å². The summed E-state index contributed by atoms with van der Waals surface area (Å²) in [4.78, 5) is 11.2. The molecule has 5 nitrogen and oxygen atoms in total. The lowest BCUT2D eigenvalue weighted by Crippen LogP contribution is -2.04. The summed E-state index contributed by atoms with van der Waals surface area (Å²) in [5.74, 6) is -0.754. The van der Waals surface area contributed by atoms with Gasteiger partial charge in [0.2, 0.25) is 0 Å². The van der Waals surface area contributed by atoms with Crippen molar-refractivity contribution >= 4 is 33.5 Å². The summed E-state index contributed by atoms with van der Waals surface area (Å²) in [7, 11) is 1.74. The van der Waals surface area contributed by atoms with Crippen LogP contribution >= 0.6 is 27.5 Å². The second-order valence-electron chi connectivity index (χ2n) is 4.21. The van der Waals surface area contributed by atoms with Gasteiger partial charge >= 0.3 is 5.97 Å². The predicted octanol–water partition coefficient (Wildman–Crippen LogP) is 3.42. The molecule has 0 fully saturated rings. The van der Waals surface area contributed by atoms with E-state index in [0.717, 1.165) is 11.3 Å². The molecule has 7 heteroatoms. The molecular weight excluding hydrogens is 348 g/mol. The zero-order valence-electron chi connectivity index (χ0n) is 10.9. The van der Waals surface area contributed by atoms with E-state index < -0.39 is 5.97 Å². The standard InChI is InChI=1S/C13H12BrClN2O3/c1-7-10(12(15)17(2)16-7)6-20-11-4-3-8(14)5-9(11)13(18)19/h3-5H,6H2,1-2H3,(H,18,19). The SMILES string of the molecule is Cc1nn(C)c(Cl)c1COc1ccc(Br)cc1C(=O)O. The maximum absolute atomic E-state index is 11.2. The number of carbonyl (C=O) groups is 1. The summed E-state index contributed by atoms with van der Waals surface area (Å²) in [6.45, 7) is 1.99. The molecule has 0 atom stereocenters. The van der Waals surface area contributed by atoms with Gasteiger partial charge in [-0.05, 0) is 25.1 Å². The van der Waals surface area contributed by atoms with Gasteiger partial charge in [-0.3, -0.25) is 4.68 Å². The van der Waals surface area contributed by atoms with Gasteiger partial charge in [0, 0.05) is 17.1 Å². The van der Waals surface area contributed by atoms with Gasteiger partial charge in [-0.25, -0.2) is 4.79 Å². The molecular formula is C13H12BrClN2O3. The zero-order chi connectivity index (χ0) is 14.9.